The lowest BCUT2D eigenvalue weighted by Gasteiger charge is -2.12. The molecule has 0 radical (unpaired) electrons. The van der Waals surface area contributed by atoms with Crippen LogP contribution in [0.15, 0.2) is 66.9 Å². The first-order chi connectivity index (χ1) is 14.5. The van der Waals surface area contributed by atoms with Gasteiger partial charge in [0, 0.05) is 29.4 Å². The molecule has 0 aliphatic rings. The second-order valence-electron chi connectivity index (χ2n) is 6.63. The van der Waals surface area contributed by atoms with Crippen LogP contribution in [0.5, 0.6) is 17.4 Å². The third kappa shape index (κ3) is 4.00. The maximum atomic E-state index is 11.3. The van der Waals surface area contributed by atoms with Gasteiger partial charge in [-0.05, 0) is 36.1 Å². The molecular weight excluding hydrogens is 382 g/mol. The van der Waals surface area contributed by atoms with Gasteiger partial charge in [0.05, 0.1) is 12.7 Å². The van der Waals surface area contributed by atoms with Crippen molar-refractivity contribution < 1.29 is 19.4 Å². The molecule has 0 amide bonds. The van der Waals surface area contributed by atoms with Crippen LogP contribution in [0.2, 0.25) is 0 Å². The summed E-state index contributed by atoms with van der Waals surface area (Å²) in [4.78, 5) is 19.9. The number of nitrogens with zero attached hydrogens (tertiary/aromatic N) is 2. The Hall–Kier alpha value is -4.13. The Balaban J connectivity index is 1.62. The van der Waals surface area contributed by atoms with E-state index in [-0.39, 0.29) is 11.5 Å². The van der Waals surface area contributed by atoms with Crippen molar-refractivity contribution in [2.24, 2.45) is 0 Å². The highest BCUT2D eigenvalue weighted by Gasteiger charge is 2.10. The Morgan fingerprint density at radius 2 is 1.83 bits per heavy atom. The molecule has 150 valence electrons. The number of carboxylic acids is 1. The van der Waals surface area contributed by atoms with E-state index < -0.39 is 5.97 Å². The summed E-state index contributed by atoms with van der Waals surface area (Å²) in [5, 5.41) is 14.4. The van der Waals surface area contributed by atoms with Crippen molar-refractivity contribution in [2.75, 3.05) is 12.4 Å². The van der Waals surface area contributed by atoms with Crippen molar-refractivity contribution in [3.63, 3.8) is 0 Å². The largest absolute Gasteiger partial charge is 0.497 e. The fourth-order valence-corrected chi connectivity index (χ4v) is 3.12. The first-order valence-corrected chi connectivity index (χ1v) is 9.22. The fraction of sp³-hybridized carbons (Fsp3) is 0.0870. The van der Waals surface area contributed by atoms with Gasteiger partial charge in [0.1, 0.15) is 11.5 Å². The van der Waals surface area contributed by atoms with Crippen LogP contribution in [0.4, 0.5) is 11.6 Å². The van der Waals surface area contributed by atoms with Gasteiger partial charge in [-0.2, -0.15) is 4.98 Å². The second-order valence-corrected chi connectivity index (χ2v) is 6.63. The number of nitrogens with one attached hydrogen (secondary N) is 1. The second kappa shape index (κ2) is 8.08. The lowest BCUT2D eigenvalue weighted by Crippen LogP contribution is -2.02. The number of fused-ring (bicyclic) bond motifs is 1. The van der Waals surface area contributed by atoms with E-state index in [9.17, 15) is 9.90 Å². The zero-order valence-electron chi connectivity index (χ0n) is 16.4. The molecule has 7 heteroatoms. The fourth-order valence-electron chi connectivity index (χ4n) is 3.12. The number of aryl methyl sites for hydroxylation is 1. The van der Waals surface area contributed by atoms with E-state index in [0.29, 0.717) is 23.1 Å². The quantitative estimate of drug-likeness (QED) is 0.460. The Labute approximate surface area is 172 Å². The van der Waals surface area contributed by atoms with Crippen molar-refractivity contribution >= 4 is 28.4 Å². The summed E-state index contributed by atoms with van der Waals surface area (Å²) in [6.45, 7) is 2.05. The molecule has 7 nitrogen and oxygen atoms in total. The minimum atomic E-state index is -1.05. The van der Waals surface area contributed by atoms with Crippen molar-refractivity contribution in [1.82, 2.24) is 9.97 Å². The zero-order valence-corrected chi connectivity index (χ0v) is 16.4. The number of hydrogen-bond donors (Lipinski definition) is 2. The molecular formula is C23H19N3O4. The van der Waals surface area contributed by atoms with Crippen LogP contribution in [-0.2, 0) is 0 Å². The lowest BCUT2D eigenvalue weighted by atomic mass is 10.1. The standard InChI is InChI=1S/C23H19N3O4/c1-14-7-8-20(19-6-4-3-5-18(14)19)30-21-9-10-24-23(26-21)25-16-11-15(22(27)28)12-17(13-16)29-2/h3-13H,1-2H3,(H,27,28)(H,24,25,26). The van der Waals surface area contributed by atoms with Gasteiger partial charge in [-0.15, -0.1) is 0 Å². The Kier molecular flexibility index (Phi) is 5.17. The number of ether oxygens (including phenoxy) is 2. The lowest BCUT2D eigenvalue weighted by molar-refractivity contribution is 0.0696. The highest BCUT2D eigenvalue weighted by atomic mass is 16.5. The van der Waals surface area contributed by atoms with Crippen molar-refractivity contribution in [3.05, 3.63) is 78.0 Å². The van der Waals surface area contributed by atoms with E-state index in [0.717, 1.165) is 16.3 Å². The molecule has 0 spiro atoms. The third-order valence-corrected chi connectivity index (χ3v) is 4.59. The molecule has 0 saturated heterocycles. The molecule has 1 heterocycles. The van der Waals surface area contributed by atoms with Crippen LogP contribution in [0.25, 0.3) is 10.8 Å². The van der Waals surface area contributed by atoms with Crippen LogP contribution in [-0.4, -0.2) is 28.2 Å². The maximum Gasteiger partial charge on any atom is 0.335 e. The number of rotatable bonds is 6. The molecule has 0 aliphatic carbocycles. The van der Waals surface area contributed by atoms with Gasteiger partial charge in [-0.1, -0.05) is 30.3 Å². The van der Waals surface area contributed by atoms with Gasteiger partial charge in [-0.3, -0.25) is 0 Å². The van der Waals surface area contributed by atoms with E-state index in [1.54, 1.807) is 18.3 Å². The molecule has 0 fully saturated rings. The molecule has 2 N–H and O–H groups in total. The summed E-state index contributed by atoms with van der Waals surface area (Å²) < 4.78 is 11.2. The first kappa shape index (κ1) is 19.2. The predicted molar refractivity (Wildman–Crippen MR) is 114 cm³/mol. The normalized spacial score (nSPS) is 10.6. The number of carbonyl (C=O) groups is 1. The van der Waals surface area contributed by atoms with E-state index in [2.05, 4.69) is 22.2 Å². The number of carboxylic acid groups (broad SMARTS) is 1. The predicted octanol–water partition coefficient (Wildman–Crippen LogP) is 5.18. The van der Waals surface area contributed by atoms with Gasteiger partial charge >= 0.3 is 5.97 Å². The summed E-state index contributed by atoms with van der Waals surface area (Å²) in [5.41, 5.74) is 1.75. The Morgan fingerprint density at radius 3 is 2.60 bits per heavy atom. The van der Waals surface area contributed by atoms with Crippen molar-refractivity contribution in [1.29, 1.82) is 0 Å². The van der Waals surface area contributed by atoms with Gasteiger partial charge in [0.2, 0.25) is 11.8 Å². The van der Waals surface area contributed by atoms with Gasteiger partial charge in [-0.25, -0.2) is 9.78 Å². The first-order valence-electron chi connectivity index (χ1n) is 9.22. The van der Waals surface area contributed by atoms with Gasteiger partial charge < -0.3 is 19.9 Å². The molecule has 4 aromatic rings. The molecule has 3 aromatic carbocycles. The Bertz CT molecular complexity index is 1240. The number of hydrogen-bond acceptors (Lipinski definition) is 6. The van der Waals surface area contributed by atoms with Gasteiger partial charge in [0.25, 0.3) is 0 Å². The van der Waals surface area contributed by atoms with Crippen LogP contribution < -0.4 is 14.8 Å². The molecule has 4 rings (SSSR count). The van der Waals surface area contributed by atoms with E-state index in [1.807, 2.05) is 36.4 Å². The molecule has 1 aromatic heterocycles. The van der Waals surface area contributed by atoms with E-state index in [4.69, 9.17) is 9.47 Å². The topological polar surface area (TPSA) is 93.6 Å². The van der Waals surface area contributed by atoms with Crippen LogP contribution >= 0.6 is 0 Å². The third-order valence-electron chi connectivity index (χ3n) is 4.59. The number of anilines is 2. The SMILES string of the molecule is COc1cc(Nc2nccc(Oc3ccc(C)c4ccccc34)n2)cc(C(=O)O)c1. The summed E-state index contributed by atoms with van der Waals surface area (Å²) in [7, 11) is 1.47. The summed E-state index contributed by atoms with van der Waals surface area (Å²) in [6.07, 6.45) is 1.57. The minimum absolute atomic E-state index is 0.0929. The van der Waals surface area contributed by atoms with E-state index in [1.165, 1.54) is 19.2 Å². The summed E-state index contributed by atoms with van der Waals surface area (Å²) >= 11 is 0. The van der Waals surface area contributed by atoms with Crippen molar-refractivity contribution in [3.8, 4) is 17.4 Å². The Morgan fingerprint density at radius 1 is 1.03 bits per heavy atom. The molecule has 0 bridgehead atoms. The molecule has 0 aliphatic heterocycles. The number of aromatic nitrogens is 2. The van der Waals surface area contributed by atoms with Gasteiger partial charge in [0.15, 0.2) is 0 Å². The highest BCUT2D eigenvalue weighted by molar-refractivity contribution is 5.91. The maximum absolute atomic E-state index is 11.3. The van der Waals surface area contributed by atoms with E-state index >= 15 is 0 Å². The zero-order chi connectivity index (χ0) is 21.1. The van der Waals surface area contributed by atoms with Crippen LogP contribution in [0.3, 0.4) is 0 Å². The highest BCUT2D eigenvalue weighted by Crippen LogP contribution is 2.31. The molecule has 0 saturated carbocycles. The van der Waals surface area contributed by atoms with Crippen LogP contribution in [0, 0.1) is 6.92 Å². The monoisotopic (exact) mass is 401 g/mol. The van der Waals surface area contributed by atoms with Crippen LogP contribution in [0.1, 0.15) is 15.9 Å². The average Bonchev–Trinajstić information content (AvgIpc) is 2.76. The molecule has 0 atom stereocenters. The summed E-state index contributed by atoms with van der Waals surface area (Å²) in [6, 6.07) is 18.2. The molecule has 0 unspecified atom stereocenters. The number of benzene rings is 3. The smallest absolute Gasteiger partial charge is 0.335 e. The minimum Gasteiger partial charge on any atom is -0.497 e. The number of methoxy groups -OCH3 is 1. The number of aromatic carboxylic acids is 1. The molecule has 30 heavy (non-hydrogen) atoms. The van der Waals surface area contributed by atoms with Crippen molar-refractivity contribution in [2.45, 2.75) is 6.92 Å². The average molecular weight is 401 g/mol. The summed E-state index contributed by atoms with van der Waals surface area (Å²) in [5.74, 6) is 0.684.